The molecule has 2 rings (SSSR count). The molecule has 0 saturated carbocycles. The minimum atomic E-state index is -1.94. The van der Waals surface area contributed by atoms with Crippen LogP contribution in [0.25, 0.3) is 0 Å². The summed E-state index contributed by atoms with van der Waals surface area (Å²) in [5.74, 6) is -0.634. The van der Waals surface area contributed by atoms with E-state index in [9.17, 15) is 4.79 Å². The second-order valence-electron chi connectivity index (χ2n) is 10.4. The maximum atomic E-state index is 12.7. The van der Waals surface area contributed by atoms with E-state index in [1.54, 1.807) is 4.90 Å². The first kappa shape index (κ1) is 21.7. The van der Waals surface area contributed by atoms with Crippen molar-refractivity contribution in [2.24, 2.45) is 0 Å². The molecule has 2 saturated heterocycles. The molecule has 0 bridgehead atoms. The molecule has 2 heterocycles. The summed E-state index contributed by atoms with van der Waals surface area (Å²) < 4.78 is 24.1. The predicted octanol–water partition coefficient (Wildman–Crippen LogP) is 4.15. The van der Waals surface area contributed by atoms with Gasteiger partial charge in [0.05, 0.1) is 19.2 Å². The van der Waals surface area contributed by atoms with Crippen molar-refractivity contribution in [2.45, 2.75) is 103 Å². The zero-order valence-electron chi connectivity index (χ0n) is 18.1. The molecule has 6 nitrogen and oxygen atoms in total. The quantitative estimate of drug-likeness (QED) is 0.681. The van der Waals surface area contributed by atoms with Crippen LogP contribution >= 0.6 is 0 Å². The molecule has 0 aliphatic carbocycles. The lowest BCUT2D eigenvalue weighted by Gasteiger charge is -2.39. The van der Waals surface area contributed by atoms with Gasteiger partial charge in [0, 0.05) is 0 Å². The highest BCUT2D eigenvalue weighted by Crippen LogP contribution is 2.40. The average Bonchev–Trinajstić information content (AvgIpc) is 2.85. The van der Waals surface area contributed by atoms with Gasteiger partial charge in [0.25, 0.3) is 0 Å². The summed E-state index contributed by atoms with van der Waals surface area (Å²) in [6, 6.07) is -0.203. The lowest BCUT2D eigenvalue weighted by molar-refractivity contribution is -0.162. The average molecular weight is 388 g/mol. The Morgan fingerprint density at radius 2 is 1.73 bits per heavy atom. The topological polar surface area (TPSA) is 57.2 Å². The monoisotopic (exact) mass is 387 g/mol. The number of likely N-dealkylation sites (tertiary alicyclic amines) is 1. The van der Waals surface area contributed by atoms with Crippen LogP contribution in [0.3, 0.4) is 0 Å². The lowest BCUT2D eigenvalue weighted by atomic mass is 10.1. The van der Waals surface area contributed by atoms with Gasteiger partial charge in [0.2, 0.25) is 0 Å². The SMILES string of the molecule is CC(C)(C)OC(=O)N1C[C@@H]2OC(C)(C)O[C@@H]2[C@H]1CO[Si](C)(C)C(C)(C)C. The van der Waals surface area contributed by atoms with Crippen molar-refractivity contribution in [1.82, 2.24) is 4.90 Å². The predicted molar refractivity (Wildman–Crippen MR) is 104 cm³/mol. The molecule has 152 valence electrons. The molecule has 26 heavy (non-hydrogen) atoms. The zero-order valence-corrected chi connectivity index (χ0v) is 19.1. The van der Waals surface area contributed by atoms with Gasteiger partial charge in [-0.25, -0.2) is 4.79 Å². The molecule has 0 aromatic rings. The number of hydrogen-bond acceptors (Lipinski definition) is 5. The third-order valence-electron chi connectivity index (χ3n) is 5.43. The first-order chi connectivity index (χ1) is 11.5. The fourth-order valence-electron chi connectivity index (χ4n) is 3.06. The lowest BCUT2D eigenvalue weighted by Crippen LogP contribution is -2.50. The summed E-state index contributed by atoms with van der Waals surface area (Å²) in [6.45, 7) is 21.4. The fourth-order valence-corrected chi connectivity index (χ4v) is 4.08. The summed E-state index contributed by atoms with van der Waals surface area (Å²) in [5.41, 5.74) is -0.541. The van der Waals surface area contributed by atoms with Crippen LogP contribution in [0.5, 0.6) is 0 Å². The van der Waals surface area contributed by atoms with E-state index in [-0.39, 0.29) is 29.4 Å². The van der Waals surface area contributed by atoms with Gasteiger partial charge >= 0.3 is 6.09 Å². The highest BCUT2D eigenvalue weighted by Gasteiger charge is 2.55. The second kappa shape index (κ2) is 6.76. The molecule has 7 heteroatoms. The second-order valence-corrected chi connectivity index (χ2v) is 15.2. The number of amides is 1. The number of carbonyl (C=O) groups excluding carboxylic acids is 1. The normalized spacial score (nSPS) is 29.0. The largest absolute Gasteiger partial charge is 0.444 e. The number of fused-ring (bicyclic) bond motifs is 1. The summed E-state index contributed by atoms with van der Waals surface area (Å²) in [4.78, 5) is 14.5. The first-order valence-electron chi connectivity index (χ1n) is 9.52. The van der Waals surface area contributed by atoms with E-state index >= 15 is 0 Å². The standard InChI is InChI=1S/C19H37NO5Si/c1-17(2,3)25-16(21)20-11-14-15(24-19(7,8)23-14)13(20)12-22-26(9,10)18(4,5)6/h13-15H,11-12H2,1-10H3/t13-,14+,15-/m1/s1. The van der Waals surface area contributed by atoms with Crippen LogP contribution in [0.1, 0.15) is 55.4 Å². The van der Waals surface area contributed by atoms with E-state index in [0.717, 1.165) is 0 Å². The van der Waals surface area contributed by atoms with Crippen molar-refractivity contribution >= 4 is 14.4 Å². The molecule has 0 radical (unpaired) electrons. The van der Waals surface area contributed by atoms with Crippen molar-refractivity contribution in [3.8, 4) is 0 Å². The van der Waals surface area contributed by atoms with Gasteiger partial charge in [-0.2, -0.15) is 0 Å². The first-order valence-corrected chi connectivity index (χ1v) is 12.4. The van der Waals surface area contributed by atoms with Crippen molar-refractivity contribution in [2.75, 3.05) is 13.2 Å². The van der Waals surface area contributed by atoms with Gasteiger partial charge < -0.3 is 18.6 Å². The van der Waals surface area contributed by atoms with Gasteiger partial charge in [0.1, 0.15) is 17.8 Å². The van der Waals surface area contributed by atoms with Crippen LogP contribution in [0, 0.1) is 0 Å². The molecule has 2 fully saturated rings. The third kappa shape index (κ3) is 4.80. The summed E-state index contributed by atoms with van der Waals surface area (Å²) in [6.07, 6.45) is -0.673. The van der Waals surface area contributed by atoms with Gasteiger partial charge in [-0.3, -0.25) is 4.90 Å². The number of ether oxygens (including phenoxy) is 3. The minimum absolute atomic E-state index is 0.105. The maximum absolute atomic E-state index is 12.7. The Bertz CT molecular complexity index is 535. The Morgan fingerprint density at radius 1 is 1.15 bits per heavy atom. The molecular weight excluding hydrogens is 350 g/mol. The number of carbonyl (C=O) groups is 1. The van der Waals surface area contributed by atoms with Gasteiger partial charge in [-0.1, -0.05) is 20.8 Å². The number of hydrogen-bond donors (Lipinski definition) is 0. The number of nitrogens with zero attached hydrogens (tertiary/aromatic N) is 1. The van der Waals surface area contributed by atoms with Crippen LogP contribution in [-0.4, -0.2) is 62.1 Å². The Morgan fingerprint density at radius 3 is 2.23 bits per heavy atom. The summed E-state index contributed by atoms with van der Waals surface area (Å²) in [5, 5.41) is 0.105. The van der Waals surface area contributed by atoms with Crippen LogP contribution in [0.4, 0.5) is 4.79 Å². The Labute approximate surface area is 159 Å². The maximum Gasteiger partial charge on any atom is 0.410 e. The van der Waals surface area contributed by atoms with E-state index < -0.39 is 19.7 Å². The molecule has 0 unspecified atom stereocenters. The van der Waals surface area contributed by atoms with E-state index in [1.807, 2.05) is 34.6 Å². The van der Waals surface area contributed by atoms with E-state index in [0.29, 0.717) is 13.2 Å². The zero-order chi connectivity index (χ0) is 20.1. The van der Waals surface area contributed by atoms with Crippen molar-refractivity contribution < 1.29 is 23.4 Å². The molecule has 0 aromatic carbocycles. The summed E-state index contributed by atoms with van der Waals surface area (Å²) >= 11 is 0. The molecule has 0 aromatic heterocycles. The van der Waals surface area contributed by atoms with E-state index in [1.165, 1.54) is 0 Å². The Balaban J connectivity index is 2.17. The third-order valence-corrected chi connectivity index (χ3v) is 9.93. The van der Waals surface area contributed by atoms with Crippen LogP contribution in [0.2, 0.25) is 18.1 Å². The van der Waals surface area contributed by atoms with E-state index in [4.69, 9.17) is 18.6 Å². The van der Waals surface area contributed by atoms with Gasteiger partial charge in [-0.15, -0.1) is 0 Å². The van der Waals surface area contributed by atoms with E-state index in [2.05, 4.69) is 33.9 Å². The molecule has 0 spiro atoms. The van der Waals surface area contributed by atoms with Crippen LogP contribution in [-0.2, 0) is 18.6 Å². The summed E-state index contributed by atoms with van der Waals surface area (Å²) in [7, 11) is -1.94. The van der Waals surface area contributed by atoms with Crippen LogP contribution < -0.4 is 0 Å². The molecule has 0 N–H and O–H groups in total. The molecule has 3 atom stereocenters. The highest BCUT2D eigenvalue weighted by atomic mass is 28.4. The minimum Gasteiger partial charge on any atom is -0.444 e. The molecule has 1 amide bonds. The molecule has 2 aliphatic heterocycles. The smallest absolute Gasteiger partial charge is 0.410 e. The fraction of sp³-hybridized carbons (Fsp3) is 0.947. The molecular formula is C19H37NO5Si. The van der Waals surface area contributed by atoms with Gasteiger partial charge in [-0.05, 0) is 52.8 Å². The van der Waals surface area contributed by atoms with Crippen molar-refractivity contribution in [1.29, 1.82) is 0 Å². The number of rotatable bonds is 3. The Kier molecular flexibility index (Phi) is 5.63. The Hall–Kier alpha value is -0.633. The van der Waals surface area contributed by atoms with Crippen LogP contribution in [0.15, 0.2) is 0 Å². The highest BCUT2D eigenvalue weighted by molar-refractivity contribution is 6.74. The van der Waals surface area contributed by atoms with Crippen molar-refractivity contribution in [3.05, 3.63) is 0 Å². The molecule has 2 aliphatic rings. The van der Waals surface area contributed by atoms with Crippen molar-refractivity contribution in [3.63, 3.8) is 0 Å². The van der Waals surface area contributed by atoms with Gasteiger partial charge in [0.15, 0.2) is 14.1 Å².